The van der Waals surface area contributed by atoms with E-state index < -0.39 is 10.0 Å². The smallest absolute Gasteiger partial charge is 0.265 e. The summed E-state index contributed by atoms with van der Waals surface area (Å²) >= 11 is 1.37. The van der Waals surface area contributed by atoms with E-state index in [0.717, 1.165) is 17.0 Å². The molecular weight excluding hydrogens is 474 g/mol. The fourth-order valence-corrected chi connectivity index (χ4v) is 6.51. The third-order valence-electron chi connectivity index (χ3n) is 5.89. The van der Waals surface area contributed by atoms with E-state index in [1.54, 1.807) is 17.0 Å². The lowest BCUT2D eigenvalue weighted by molar-refractivity contribution is 0.0702. The molecule has 10 heteroatoms. The molecule has 3 heterocycles. The van der Waals surface area contributed by atoms with Crippen molar-refractivity contribution in [1.82, 2.24) is 14.2 Å². The molecule has 1 aromatic heterocycles. The second kappa shape index (κ2) is 9.36. The topological polar surface area (TPSA) is 89.0 Å². The number of ether oxygens (including phenoxy) is 2. The average Bonchev–Trinajstić information content (AvgIpc) is 3.10. The fourth-order valence-electron chi connectivity index (χ4n) is 4.03. The molecule has 0 radical (unpaired) electrons. The third-order valence-corrected chi connectivity index (χ3v) is 8.98. The van der Waals surface area contributed by atoms with Crippen molar-refractivity contribution < 1.29 is 22.7 Å². The van der Waals surface area contributed by atoms with Crippen molar-refractivity contribution in [1.29, 1.82) is 0 Å². The molecule has 1 fully saturated rings. The predicted octanol–water partition coefficient (Wildman–Crippen LogP) is 3.43. The van der Waals surface area contributed by atoms with Gasteiger partial charge in [-0.1, -0.05) is 30.3 Å². The molecular formula is C24H25N3O5S2. The van der Waals surface area contributed by atoms with E-state index in [2.05, 4.69) is 4.98 Å². The van der Waals surface area contributed by atoms with Gasteiger partial charge in [-0.05, 0) is 19.1 Å². The maximum atomic E-state index is 13.2. The second-order valence-electron chi connectivity index (χ2n) is 8.15. The lowest BCUT2D eigenvalue weighted by Gasteiger charge is -2.33. The van der Waals surface area contributed by atoms with E-state index in [4.69, 9.17) is 9.47 Å². The largest absolute Gasteiger partial charge is 0.490 e. The number of rotatable bonds is 4. The summed E-state index contributed by atoms with van der Waals surface area (Å²) in [5.74, 6) is 0.897. The number of hydrogen-bond donors (Lipinski definition) is 0. The summed E-state index contributed by atoms with van der Waals surface area (Å²) in [4.78, 5) is 20.2. The Morgan fingerprint density at radius 2 is 1.68 bits per heavy atom. The molecule has 0 atom stereocenters. The number of aryl methyl sites for hydroxylation is 1. The molecule has 0 bridgehead atoms. The normalized spacial score (nSPS) is 16.8. The van der Waals surface area contributed by atoms with Crippen molar-refractivity contribution >= 4 is 27.3 Å². The molecule has 34 heavy (non-hydrogen) atoms. The van der Waals surface area contributed by atoms with Gasteiger partial charge in [0.25, 0.3) is 5.91 Å². The van der Waals surface area contributed by atoms with Crippen LogP contribution in [0.25, 0.3) is 10.6 Å². The molecule has 5 rings (SSSR count). The van der Waals surface area contributed by atoms with Gasteiger partial charge in [-0.15, -0.1) is 11.3 Å². The molecule has 3 aromatic rings. The Bertz CT molecular complexity index is 1300. The molecule has 0 aliphatic carbocycles. The van der Waals surface area contributed by atoms with Gasteiger partial charge in [0, 0.05) is 44.2 Å². The van der Waals surface area contributed by atoms with Crippen LogP contribution in [0.1, 0.15) is 21.8 Å². The second-order valence-corrected chi connectivity index (χ2v) is 11.1. The number of hydrogen-bond acceptors (Lipinski definition) is 7. The van der Waals surface area contributed by atoms with Crippen LogP contribution >= 0.6 is 11.3 Å². The molecule has 2 aliphatic rings. The van der Waals surface area contributed by atoms with Crippen molar-refractivity contribution in [3.8, 4) is 22.1 Å². The van der Waals surface area contributed by atoms with Gasteiger partial charge in [0.05, 0.1) is 23.8 Å². The van der Waals surface area contributed by atoms with E-state index in [-0.39, 0.29) is 23.9 Å². The van der Waals surface area contributed by atoms with Crippen molar-refractivity contribution in [2.45, 2.75) is 18.2 Å². The van der Waals surface area contributed by atoms with Crippen LogP contribution in [0.5, 0.6) is 11.5 Å². The van der Waals surface area contributed by atoms with Crippen molar-refractivity contribution in [3.05, 3.63) is 59.1 Å². The first-order valence-electron chi connectivity index (χ1n) is 11.2. The van der Waals surface area contributed by atoms with E-state index >= 15 is 0 Å². The molecule has 0 unspecified atom stereocenters. The number of benzene rings is 2. The molecule has 2 aromatic carbocycles. The Kier molecular flexibility index (Phi) is 6.28. The van der Waals surface area contributed by atoms with E-state index in [0.29, 0.717) is 48.4 Å². The number of piperazine rings is 1. The first kappa shape index (κ1) is 22.8. The van der Waals surface area contributed by atoms with Crippen molar-refractivity contribution in [2.24, 2.45) is 0 Å². The van der Waals surface area contributed by atoms with Gasteiger partial charge >= 0.3 is 0 Å². The van der Waals surface area contributed by atoms with E-state index in [1.165, 1.54) is 21.7 Å². The summed E-state index contributed by atoms with van der Waals surface area (Å²) in [6.07, 6.45) is 0.749. The van der Waals surface area contributed by atoms with Crippen LogP contribution in [0.2, 0.25) is 0 Å². The van der Waals surface area contributed by atoms with Gasteiger partial charge in [-0.25, -0.2) is 13.4 Å². The van der Waals surface area contributed by atoms with Crippen LogP contribution in [0.15, 0.2) is 53.4 Å². The minimum absolute atomic E-state index is 0.107. The number of nitrogens with zero attached hydrogens (tertiary/aromatic N) is 3. The van der Waals surface area contributed by atoms with Gasteiger partial charge in [0.15, 0.2) is 11.5 Å². The minimum Gasteiger partial charge on any atom is -0.490 e. The van der Waals surface area contributed by atoms with Crippen LogP contribution in [0.4, 0.5) is 0 Å². The molecule has 178 valence electrons. The highest BCUT2D eigenvalue weighted by molar-refractivity contribution is 7.89. The van der Waals surface area contributed by atoms with Crippen molar-refractivity contribution in [2.75, 3.05) is 39.4 Å². The summed E-state index contributed by atoms with van der Waals surface area (Å²) in [7, 11) is -3.71. The summed E-state index contributed by atoms with van der Waals surface area (Å²) in [6, 6.07) is 14.5. The minimum atomic E-state index is -3.71. The Hall–Kier alpha value is -2.95. The number of sulfonamides is 1. The number of fused-ring (bicyclic) bond motifs is 1. The molecule has 0 spiro atoms. The molecule has 1 amide bonds. The number of aromatic nitrogens is 1. The third kappa shape index (κ3) is 4.40. The number of thiazole rings is 1. The molecule has 8 nitrogen and oxygen atoms in total. The van der Waals surface area contributed by atoms with Crippen LogP contribution in [-0.4, -0.2) is 67.9 Å². The molecule has 0 N–H and O–H groups in total. The highest BCUT2D eigenvalue weighted by Gasteiger charge is 2.32. The maximum Gasteiger partial charge on any atom is 0.265 e. The van der Waals surface area contributed by atoms with Gasteiger partial charge in [0.1, 0.15) is 9.88 Å². The summed E-state index contributed by atoms with van der Waals surface area (Å²) in [5.41, 5.74) is 1.66. The summed E-state index contributed by atoms with van der Waals surface area (Å²) in [6.45, 7) is 3.96. The Balaban J connectivity index is 1.28. The van der Waals surface area contributed by atoms with Crippen LogP contribution < -0.4 is 9.47 Å². The fraction of sp³-hybridized carbons (Fsp3) is 0.333. The quantitative estimate of drug-likeness (QED) is 0.547. The highest BCUT2D eigenvalue weighted by atomic mass is 32.2. The van der Waals surface area contributed by atoms with Crippen LogP contribution in [0.3, 0.4) is 0 Å². The molecule has 1 saturated heterocycles. The predicted molar refractivity (Wildman–Crippen MR) is 129 cm³/mol. The zero-order valence-electron chi connectivity index (χ0n) is 18.8. The van der Waals surface area contributed by atoms with Crippen molar-refractivity contribution in [3.63, 3.8) is 0 Å². The van der Waals surface area contributed by atoms with E-state index in [1.807, 2.05) is 37.3 Å². The molecule has 0 saturated carbocycles. The van der Waals surface area contributed by atoms with Gasteiger partial charge in [0.2, 0.25) is 10.0 Å². The maximum absolute atomic E-state index is 13.2. The first-order chi connectivity index (χ1) is 16.4. The van der Waals surface area contributed by atoms with Gasteiger partial charge in [-0.3, -0.25) is 4.79 Å². The zero-order chi connectivity index (χ0) is 23.7. The van der Waals surface area contributed by atoms with Gasteiger partial charge < -0.3 is 14.4 Å². The van der Waals surface area contributed by atoms with Crippen LogP contribution in [0, 0.1) is 6.92 Å². The molecule has 2 aliphatic heterocycles. The zero-order valence-corrected chi connectivity index (χ0v) is 20.4. The monoisotopic (exact) mass is 499 g/mol. The first-order valence-corrected chi connectivity index (χ1v) is 13.4. The SMILES string of the molecule is Cc1nc(-c2ccccc2)sc1C(=O)N1CCN(S(=O)(=O)c2ccc3c(c2)OCCCO3)CC1. The lowest BCUT2D eigenvalue weighted by atomic mass is 10.2. The van der Waals surface area contributed by atoms with Gasteiger partial charge in [-0.2, -0.15) is 4.31 Å². The summed E-state index contributed by atoms with van der Waals surface area (Å²) in [5, 5.41) is 0.803. The average molecular weight is 500 g/mol. The Morgan fingerprint density at radius 3 is 2.41 bits per heavy atom. The Morgan fingerprint density at radius 1 is 0.971 bits per heavy atom. The van der Waals surface area contributed by atoms with Crippen LogP contribution in [-0.2, 0) is 10.0 Å². The summed E-state index contributed by atoms with van der Waals surface area (Å²) < 4.78 is 39.1. The number of carbonyl (C=O) groups is 1. The number of carbonyl (C=O) groups excluding carboxylic acids is 1. The Labute approximate surface area is 202 Å². The lowest BCUT2D eigenvalue weighted by Crippen LogP contribution is -2.50. The highest BCUT2D eigenvalue weighted by Crippen LogP contribution is 2.33. The number of amides is 1. The standard InChI is InChI=1S/C24H25N3O5S2/c1-17-22(33-23(25-17)18-6-3-2-4-7-18)24(28)26-10-12-27(13-11-26)34(29,30)19-8-9-20-21(16-19)32-15-5-14-31-20/h2-4,6-9,16H,5,10-15H2,1H3. The van der Waals surface area contributed by atoms with E-state index in [9.17, 15) is 13.2 Å².